The highest BCUT2D eigenvalue weighted by molar-refractivity contribution is 7.14. The SMILES string of the molecule is Clc1ccc(-c2c(Cl)c(-c3nnc(C4CCCCC4)s3)nn2-c2ccc(Cl)cc2Cl)cc1. The second-order valence-electron chi connectivity index (χ2n) is 7.81. The van der Waals surface area contributed by atoms with Gasteiger partial charge in [0.15, 0.2) is 5.01 Å². The normalized spacial score (nSPS) is 14.8. The monoisotopic (exact) mass is 522 g/mol. The van der Waals surface area contributed by atoms with Crippen molar-refractivity contribution in [3.63, 3.8) is 0 Å². The second-order valence-corrected chi connectivity index (χ2v) is 10.5. The van der Waals surface area contributed by atoms with Crippen LogP contribution in [0.15, 0.2) is 42.5 Å². The lowest BCUT2D eigenvalue weighted by molar-refractivity contribution is 0.440. The van der Waals surface area contributed by atoms with Gasteiger partial charge in [0, 0.05) is 21.5 Å². The topological polar surface area (TPSA) is 43.6 Å². The molecule has 2 heterocycles. The van der Waals surface area contributed by atoms with E-state index in [1.54, 1.807) is 28.2 Å². The van der Waals surface area contributed by atoms with E-state index >= 15 is 0 Å². The zero-order valence-corrected chi connectivity index (χ0v) is 20.7. The van der Waals surface area contributed by atoms with Crippen molar-refractivity contribution in [2.45, 2.75) is 38.0 Å². The van der Waals surface area contributed by atoms with Gasteiger partial charge in [-0.25, -0.2) is 4.68 Å². The van der Waals surface area contributed by atoms with Crippen molar-refractivity contribution in [3.8, 4) is 27.6 Å². The molecule has 0 atom stereocenters. The summed E-state index contributed by atoms with van der Waals surface area (Å²) in [6, 6.07) is 12.7. The highest BCUT2D eigenvalue weighted by atomic mass is 35.5. The predicted octanol–water partition coefficient (Wildman–Crippen LogP) is 8.72. The van der Waals surface area contributed by atoms with Gasteiger partial charge >= 0.3 is 0 Å². The van der Waals surface area contributed by atoms with Crippen molar-refractivity contribution in [1.82, 2.24) is 20.0 Å². The Morgan fingerprint density at radius 1 is 0.844 bits per heavy atom. The Labute approximate surface area is 210 Å². The Kier molecular flexibility index (Phi) is 6.46. The van der Waals surface area contributed by atoms with Crippen LogP contribution in [-0.2, 0) is 0 Å². The molecule has 0 amide bonds. The Bertz CT molecular complexity index is 1260. The zero-order valence-electron chi connectivity index (χ0n) is 16.9. The van der Waals surface area contributed by atoms with Crippen LogP contribution >= 0.6 is 57.7 Å². The molecule has 0 bridgehead atoms. The van der Waals surface area contributed by atoms with E-state index in [4.69, 9.17) is 51.5 Å². The fourth-order valence-electron chi connectivity index (χ4n) is 4.06. The molecule has 1 aliphatic rings. The van der Waals surface area contributed by atoms with Crippen LogP contribution in [0.25, 0.3) is 27.6 Å². The molecule has 4 aromatic rings. The van der Waals surface area contributed by atoms with Crippen LogP contribution in [0.4, 0.5) is 0 Å². The third-order valence-electron chi connectivity index (χ3n) is 5.68. The van der Waals surface area contributed by atoms with E-state index in [2.05, 4.69) is 10.2 Å². The molecule has 0 N–H and O–H groups in total. The molecular formula is C23H18Cl4N4S. The number of benzene rings is 2. The summed E-state index contributed by atoms with van der Waals surface area (Å²) >= 11 is 27.2. The average molecular weight is 524 g/mol. The summed E-state index contributed by atoms with van der Waals surface area (Å²) in [7, 11) is 0. The molecule has 2 aromatic carbocycles. The largest absolute Gasteiger partial charge is 0.229 e. The number of hydrogen-bond acceptors (Lipinski definition) is 4. The van der Waals surface area contributed by atoms with Gasteiger partial charge in [-0.2, -0.15) is 5.10 Å². The molecule has 32 heavy (non-hydrogen) atoms. The molecule has 0 spiro atoms. The first kappa shape index (κ1) is 22.2. The molecular weight excluding hydrogens is 506 g/mol. The summed E-state index contributed by atoms with van der Waals surface area (Å²) in [6.07, 6.45) is 6.10. The lowest BCUT2D eigenvalue weighted by atomic mass is 9.90. The summed E-state index contributed by atoms with van der Waals surface area (Å²) in [4.78, 5) is 0. The number of halogens is 4. The minimum atomic E-state index is 0.470. The fraction of sp³-hybridized carbons (Fsp3) is 0.261. The average Bonchev–Trinajstić information content (AvgIpc) is 3.40. The second kappa shape index (κ2) is 9.32. The van der Waals surface area contributed by atoms with Crippen LogP contribution in [0, 0.1) is 0 Å². The number of hydrogen-bond donors (Lipinski definition) is 0. The first-order valence-corrected chi connectivity index (χ1v) is 12.7. The summed E-state index contributed by atoms with van der Waals surface area (Å²) < 4.78 is 1.74. The third kappa shape index (κ3) is 4.29. The van der Waals surface area contributed by atoms with Crippen LogP contribution in [0.1, 0.15) is 43.0 Å². The van der Waals surface area contributed by atoms with Crippen molar-refractivity contribution < 1.29 is 0 Å². The molecule has 9 heteroatoms. The molecule has 0 radical (unpaired) electrons. The van der Waals surface area contributed by atoms with Crippen molar-refractivity contribution in [2.75, 3.05) is 0 Å². The number of rotatable bonds is 4. The highest BCUT2D eigenvalue weighted by Gasteiger charge is 2.26. The van der Waals surface area contributed by atoms with Crippen LogP contribution in [-0.4, -0.2) is 20.0 Å². The van der Waals surface area contributed by atoms with Gasteiger partial charge in [-0.1, -0.05) is 89.1 Å². The summed E-state index contributed by atoms with van der Waals surface area (Å²) in [5.74, 6) is 0.470. The standard InChI is InChI=1S/C23H18Cl4N4S/c24-15-8-6-13(7-9-15)21-19(27)20(30-31(21)18-11-10-16(25)12-17(18)26)23-29-28-22(32-23)14-4-2-1-3-5-14/h6-12,14H,1-5H2. The van der Waals surface area contributed by atoms with Crippen molar-refractivity contribution in [1.29, 1.82) is 0 Å². The summed E-state index contributed by atoms with van der Waals surface area (Å²) in [5.41, 5.74) is 2.83. The number of nitrogens with zero attached hydrogens (tertiary/aromatic N) is 4. The molecule has 2 aromatic heterocycles. The molecule has 1 fully saturated rings. The van der Waals surface area contributed by atoms with E-state index in [-0.39, 0.29) is 0 Å². The minimum Gasteiger partial charge on any atom is -0.229 e. The van der Waals surface area contributed by atoms with Crippen molar-refractivity contribution >= 4 is 57.7 Å². The Morgan fingerprint density at radius 3 is 2.28 bits per heavy atom. The maximum Gasteiger partial charge on any atom is 0.169 e. The number of aromatic nitrogens is 4. The maximum absolute atomic E-state index is 6.92. The van der Waals surface area contributed by atoms with Gasteiger partial charge < -0.3 is 0 Å². The van der Waals surface area contributed by atoms with Gasteiger partial charge in [-0.15, -0.1) is 10.2 Å². The van der Waals surface area contributed by atoms with Crippen LogP contribution in [0.5, 0.6) is 0 Å². The quantitative estimate of drug-likeness (QED) is 0.268. The van der Waals surface area contributed by atoms with E-state index in [1.165, 1.54) is 19.3 Å². The molecule has 1 aliphatic carbocycles. The third-order valence-corrected chi connectivity index (χ3v) is 7.92. The van der Waals surface area contributed by atoms with Gasteiger partial charge in [0.1, 0.15) is 10.7 Å². The van der Waals surface area contributed by atoms with Gasteiger partial charge in [0.2, 0.25) is 0 Å². The molecule has 4 nitrogen and oxygen atoms in total. The summed E-state index contributed by atoms with van der Waals surface area (Å²) in [6.45, 7) is 0. The Hall–Kier alpha value is -1.63. The van der Waals surface area contributed by atoms with Crippen molar-refractivity contribution in [2.24, 2.45) is 0 Å². The molecule has 0 unspecified atom stereocenters. The summed E-state index contributed by atoms with van der Waals surface area (Å²) in [5, 5.41) is 17.7. The van der Waals surface area contributed by atoms with Gasteiger partial charge in [0.05, 0.1) is 21.4 Å². The van der Waals surface area contributed by atoms with Crippen molar-refractivity contribution in [3.05, 3.63) is 67.6 Å². The predicted molar refractivity (Wildman–Crippen MR) is 134 cm³/mol. The van der Waals surface area contributed by atoms with E-state index in [1.807, 2.05) is 30.3 Å². The van der Waals surface area contributed by atoms with Gasteiger partial charge in [-0.3, -0.25) is 0 Å². The lowest BCUT2D eigenvalue weighted by Gasteiger charge is -2.18. The maximum atomic E-state index is 6.92. The Morgan fingerprint density at radius 2 is 1.56 bits per heavy atom. The smallest absolute Gasteiger partial charge is 0.169 e. The van der Waals surface area contributed by atoms with Crippen LogP contribution in [0.2, 0.25) is 20.1 Å². The van der Waals surface area contributed by atoms with E-state index in [0.29, 0.717) is 48.1 Å². The van der Waals surface area contributed by atoms with Crippen LogP contribution < -0.4 is 0 Å². The van der Waals surface area contributed by atoms with E-state index < -0.39 is 0 Å². The molecule has 0 saturated heterocycles. The highest BCUT2D eigenvalue weighted by Crippen LogP contribution is 2.42. The Balaban J connectivity index is 1.64. The first-order valence-electron chi connectivity index (χ1n) is 10.3. The fourth-order valence-corrected chi connectivity index (χ4v) is 6.05. The molecule has 0 aliphatic heterocycles. The van der Waals surface area contributed by atoms with Gasteiger partial charge in [-0.05, 0) is 43.2 Å². The lowest BCUT2D eigenvalue weighted by Crippen LogP contribution is -2.03. The van der Waals surface area contributed by atoms with Gasteiger partial charge in [0.25, 0.3) is 0 Å². The minimum absolute atomic E-state index is 0.470. The molecule has 5 rings (SSSR count). The first-order chi connectivity index (χ1) is 15.5. The molecule has 164 valence electrons. The van der Waals surface area contributed by atoms with Crippen LogP contribution in [0.3, 0.4) is 0 Å². The van der Waals surface area contributed by atoms with E-state index in [0.717, 1.165) is 23.4 Å². The van der Waals surface area contributed by atoms with E-state index in [9.17, 15) is 0 Å². The zero-order chi connectivity index (χ0) is 22.2. The molecule has 1 saturated carbocycles.